The summed E-state index contributed by atoms with van der Waals surface area (Å²) in [5.41, 5.74) is 3.56. The number of hydrogen-bond acceptors (Lipinski definition) is 3. The van der Waals surface area contributed by atoms with Gasteiger partial charge in [-0.15, -0.1) is 0 Å². The molecular weight excluding hydrogens is 314 g/mol. The highest BCUT2D eigenvalue weighted by Gasteiger charge is 2.15. The Morgan fingerprint density at radius 3 is 2.84 bits per heavy atom. The van der Waals surface area contributed by atoms with Crippen molar-refractivity contribution in [1.82, 2.24) is 14.9 Å². The highest BCUT2D eigenvalue weighted by Crippen LogP contribution is 2.18. The van der Waals surface area contributed by atoms with Gasteiger partial charge >= 0.3 is 0 Å². The van der Waals surface area contributed by atoms with Crippen LogP contribution in [0, 0.1) is 0 Å². The van der Waals surface area contributed by atoms with Gasteiger partial charge in [-0.05, 0) is 36.2 Å². The zero-order chi connectivity index (χ0) is 17.6. The third-order valence-corrected chi connectivity index (χ3v) is 4.08. The number of ether oxygens (including phenoxy) is 1. The van der Waals surface area contributed by atoms with Gasteiger partial charge in [-0.1, -0.05) is 30.3 Å². The minimum atomic E-state index is -0.119. The second kappa shape index (κ2) is 7.77. The molecule has 0 aliphatic rings. The molecule has 3 aromatic rings. The minimum absolute atomic E-state index is 0.104. The van der Waals surface area contributed by atoms with Crippen molar-refractivity contribution in [3.8, 4) is 5.69 Å². The second-order valence-corrected chi connectivity index (χ2v) is 5.85. The van der Waals surface area contributed by atoms with Crippen LogP contribution in [0.3, 0.4) is 0 Å². The van der Waals surface area contributed by atoms with Crippen LogP contribution >= 0.6 is 0 Å². The van der Waals surface area contributed by atoms with E-state index in [0.29, 0.717) is 12.2 Å². The smallest absolute Gasteiger partial charge is 0.252 e. The molecule has 5 heteroatoms. The van der Waals surface area contributed by atoms with Gasteiger partial charge in [-0.2, -0.15) is 0 Å². The Labute approximate surface area is 147 Å². The molecule has 3 rings (SSSR count). The molecule has 1 heterocycles. The summed E-state index contributed by atoms with van der Waals surface area (Å²) in [5.74, 6) is -0.104. The third-order valence-electron chi connectivity index (χ3n) is 4.08. The van der Waals surface area contributed by atoms with Crippen molar-refractivity contribution in [2.75, 3.05) is 7.11 Å². The standard InChI is InChI=1S/C20H21N3O2/c1-15(16-7-5-8-18(12-16)23-11-10-21-14-23)22-20(24)19-9-4-3-6-17(19)13-25-2/h3-12,14-15H,13H2,1-2H3,(H,22,24)/t15-/m1/s1. The zero-order valence-corrected chi connectivity index (χ0v) is 14.3. The summed E-state index contributed by atoms with van der Waals surface area (Å²) in [7, 11) is 1.62. The Morgan fingerprint density at radius 2 is 2.08 bits per heavy atom. The number of nitrogens with zero attached hydrogens (tertiary/aromatic N) is 2. The molecule has 0 saturated carbocycles. The summed E-state index contributed by atoms with van der Waals surface area (Å²) < 4.78 is 7.11. The highest BCUT2D eigenvalue weighted by atomic mass is 16.5. The predicted molar refractivity (Wildman–Crippen MR) is 96.6 cm³/mol. The van der Waals surface area contributed by atoms with Gasteiger partial charge in [0, 0.05) is 30.8 Å². The van der Waals surface area contributed by atoms with E-state index < -0.39 is 0 Å². The van der Waals surface area contributed by atoms with E-state index in [1.54, 1.807) is 19.6 Å². The average Bonchev–Trinajstić information content (AvgIpc) is 3.17. The second-order valence-electron chi connectivity index (χ2n) is 5.85. The number of amides is 1. The van der Waals surface area contributed by atoms with Crippen molar-refractivity contribution in [1.29, 1.82) is 0 Å². The first-order valence-corrected chi connectivity index (χ1v) is 8.15. The number of imidazole rings is 1. The predicted octanol–water partition coefficient (Wildman–Crippen LogP) is 3.51. The Morgan fingerprint density at radius 1 is 1.24 bits per heavy atom. The molecular formula is C20H21N3O2. The molecule has 0 aliphatic heterocycles. The van der Waals surface area contributed by atoms with Gasteiger partial charge in [-0.25, -0.2) is 4.98 Å². The van der Waals surface area contributed by atoms with Crippen LogP contribution in [0.25, 0.3) is 5.69 Å². The van der Waals surface area contributed by atoms with E-state index in [1.807, 2.05) is 66.2 Å². The monoisotopic (exact) mass is 335 g/mol. The fourth-order valence-electron chi connectivity index (χ4n) is 2.75. The number of carbonyl (C=O) groups is 1. The number of benzene rings is 2. The molecule has 0 bridgehead atoms. The molecule has 0 fully saturated rings. The number of methoxy groups -OCH3 is 1. The average molecular weight is 335 g/mol. The molecule has 0 saturated heterocycles. The van der Waals surface area contributed by atoms with E-state index in [2.05, 4.69) is 10.3 Å². The van der Waals surface area contributed by atoms with E-state index >= 15 is 0 Å². The van der Waals surface area contributed by atoms with Gasteiger partial charge in [0.2, 0.25) is 0 Å². The molecule has 1 amide bonds. The molecule has 5 nitrogen and oxygen atoms in total. The van der Waals surface area contributed by atoms with Crippen LogP contribution in [0.1, 0.15) is 34.5 Å². The van der Waals surface area contributed by atoms with E-state index in [1.165, 1.54) is 0 Å². The molecule has 25 heavy (non-hydrogen) atoms. The van der Waals surface area contributed by atoms with Crippen molar-refractivity contribution in [2.24, 2.45) is 0 Å². The van der Waals surface area contributed by atoms with Gasteiger partial charge in [0.1, 0.15) is 0 Å². The Hall–Kier alpha value is -2.92. The van der Waals surface area contributed by atoms with Crippen LogP contribution in [-0.4, -0.2) is 22.6 Å². The van der Waals surface area contributed by atoms with Crippen LogP contribution in [-0.2, 0) is 11.3 Å². The Kier molecular flexibility index (Phi) is 5.26. The van der Waals surface area contributed by atoms with Crippen molar-refractivity contribution in [2.45, 2.75) is 19.6 Å². The van der Waals surface area contributed by atoms with E-state index in [4.69, 9.17) is 4.74 Å². The molecule has 1 atom stereocenters. The number of hydrogen-bond donors (Lipinski definition) is 1. The van der Waals surface area contributed by atoms with Crippen molar-refractivity contribution < 1.29 is 9.53 Å². The van der Waals surface area contributed by atoms with E-state index in [0.717, 1.165) is 16.8 Å². The number of carbonyl (C=O) groups excluding carboxylic acids is 1. The maximum absolute atomic E-state index is 12.7. The quantitative estimate of drug-likeness (QED) is 0.750. The van der Waals surface area contributed by atoms with Gasteiger partial charge in [0.05, 0.1) is 19.0 Å². The molecule has 1 N–H and O–H groups in total. The first kappa shape index (κ1) is 16.9. The third kappa shape index (κ3) is 3.95. The van der Waals surface area contributed by atoms with Gasteiger partial charge in [-0.3, -0.25) is 4.79 Å². The van der Waals surface area contributed by atoms with Gasteiger partial charge in [0.25, 0.3) is 5.91 Å². The highest BCUT2D eigenvalue weighted by molar-refractivity contribution is 5.95. The van der Waals surface area contributed by atoms with Crippen LogP contribution < -0.4 is 5.32 Å². The van der Waals surface area contributed by atoms with Crippen molar-refractivity contribution in [3.05, 3.63) is 83.9 Å². The first-order chi connectivity index (χ1) is 12.2. The summed E-state index contributed by atoms with van der Waals surface area (Å²) in [5, 5.41) is 3.06. The van der Waals surface area contributed by atoms with Crippen LogP contribution in [0.2, 0.25) is 0 Å². The number of aromatic nitrogens is 2. The van der Waals surface area contributed by atoms with Gasteiger partial charge in [0.15, 0.2) is 0 Å². The fourth-order valence-corrected chi connectivity index (χ4v) is 2.75. The zero-order valence-electron chi connectivity index (χ0n) is 14.3. The molecule has 0 spiro atoms. The number of nitrogens with one attached hydrogen (secondary N) is 1. The van der Waals surface area contributed by atoms with Crippen LogP contribution in [0.5, 0.6) is 0 Å². The molecule has 0 radical (unpaired) electrons. The summed E-state index contributed by atoms with van der Waals surface area (Å²) in [6.45, 7) is 2.39. The molecule has 128 valence electrons. The topological polar surface area (TPSA) is 56.1 Å². The summed E-state index contributed by atoms with van der Waals surface area (Å²) >= 11 is 0. The Bertz CT molecular complexity index is 844. The van der Waals surface area contributed by atoms with E-state index in [9.17, 15) is 4.79 Å². The lowest BCUT2D eigenvalue weighted by Gasteiger charge is -2.17. The molecule has 1 aromatic heterocycles. The lowest BCUT2D eigenvalue weighted by atomic mass is 10.0. The fraction of sp³-hybridized carbons (Fsp3) is 0.200. The lowest BCUT2D eigenvalue weighted by Crippen LogP contribution is -2.27. The molecule has 0 aliphatic carbocycles. The van der Waals surface area contributed by atoms with E-state index in [-0.39, 0.29) is 11.9 Å². The maximum atomic E-state index is 12.7. The summed E-state index contributed by atoms with van der Waals surface area (Å²) in [6, 6.07) is 15.4. The van der Waals surface area contributed by atoms with Crippen molar-refractivity contribution in [3.63, 3.8) is 0 Å². The lowest BCUT2D eigenvalue weighted by molar-refractivity contribution is 0.0935. The minimum Gasteiger partial charge on any atom is -0.380 e. The summed E-state index contributed by atoms with van der Waals surface area (Å²) in [4.78, 5) is 16.7. The SMILES string of the molecule is COCc1ccccc1C(=O)N[C@H](C)c1cccc(-n2ccnc2)c1. The number of rotatable bonds is 6. The van der Waals surface area contributed by atoms with Crippen LogP contribution in [0.4, 0.5) is 0 Å². The first-order valence-electron chi connectivity index (χ1n) is 8.15. The van der Waals surface area contributed by atoms with Gasteiger partial charge < -0.3 is 14.6 Å². The molecule has 2 aromatic carbocycles. The van der Waals surface area contributed by atoms with Crippen LogP contribution in [0.15, 0.2) is 67.3 Å². The maximum Gasteiger partial charge on any atom is 0.252 e. The summed E-state index contributed by atoms with van der Waals surface area (Å²) in [6.07, 6.45) is 5.39. The van der Waals surface area contributed by atoms with Crippen molar-refractivity contribution >= 4 is 5.91 Å². The largest absolute Gasteiger partial charge is 0.380 e. The molecule has 0 unspecified atom stereocenters. The Balaban J connectivity index is 1.77. The normalized spacial score (nSPS) is 11.9.